The third-order valence-electron chi connectivity index (χ3n) is 2.27. The highest BCUT2D eigenvalue weighted by atomic mass is 35.5. The van der Waals surface area contributed by atoms with Crippen molar-refractivity contribution in [3.8, 4) is 5.75 Å². The Labute approximate surface area is 96.4 Å². The van der Waals surface area contributed by atoms with Crippen molar-refractivity contribution < 1.29 is 14.6 Å². The summed E-state index contributed by atoms with van der Waals surface area (Å²) in [4.78, 5) is 15.0. The van der Waals surface area contributed by atoms with Gasteiger partial charge in [0.25, 0.3) is 0 Å². The van der Waals surface area contributed by atoms with E-state index in [0.717, 1.165) is 0 Å². The second kappa shape index (κ2) is 3.98. The predicted octanol–water partition coefficient (Wildman–Crippen LogP) is 2.60. The molecule has 2 rings (SSSR count). The number of pyridine rings is 1. The van der Waals surface area contributed by atoms with Crippen LogP contribution in [0.1, 0.15) is 10.4 Å². The molecule has 0 saturated heterocycles. The Balaban J connectivity index is 2.94. The van der Waals surface area contributed by atoms with Crippen LogP contribution in [-0.4, -0.2) is 23.2 Å². The van der Waals surface area contributed by atoms with Gasteiger partial charge in [-0.3, -0.25) is 0 Å². The van der Waals surface area contributed by atoms with E-state index >= 15 is 0 Å². The Morgan fingerprint density at radius 2 is 2.25 bits per heavy atom. The van der Waals surface area contributed by atoms with Gasteiger partial charge in [-0.1, -0.05) is 23.7 Å². The molecular formula is C11H8ClNO3. The molecule has 5 heteroatoms. The number of benzene rings is 1. The van der Waals surface area contributed by atoms with Crippen molar-refractivity contribution in [2.45, 2.75) is 0 Å². The fraction of sp³-hybridized carbons (Fsp3) is 0.0909. The van der Waals surface area contributed by atoms with Gasteiger partial charge in [0, 0.05) is 17.0 Å². The number of carbonyl (C=O) groups is 1. The number of nitrogens with zero attached hydrogens (tertiary/aromatic N) is 1. The van der Waals surface area contributed by atoms with E-state index in [-0.39, 0.29) is 10.7 Å². The van der Waals surface area contributed by atoms with E-state index in [9.17, 15) is 4.79 Å². The highest BCUT2D eigenvalue weighted by Crippen LogP contribution is 2.31. The standard InChI is InChI=1S/C11H8ClNO3/c1-16-7-4-2-3-6-5-13-10(12)9(8(6)7)11(14)15/h2-5H,1H3,(H,14,15). The van der Waals surface area contributed by atoms with E-state index in [1.807, 2.05) is 0 Å². The molecule has 0 fully saturated rings. The van der Waals surface area contributed by atoms with Gasteiger partial charge in [-0.05, 0) is 6.07 Å². The topological polar surface area (TPSA) is 59.4 Å². The normalized spacial score (nSPS) is 10.4. The zero-order chi connectivity index (χ0) is 11.7. The zero-order valence-corrected chi connectivity index (χ0v) is 9.15. The van der Waals surface area contributed by atoms with Gasteiger partial charge in [0.15, 0.2) is 0 Å². The third kappa shape index (κ3) is 1.57. The summed E-state index contributed by atoms with van der Waals surface area (Å²) in [5.41, 5.74) is -0.0309. The van der Waals surface area contributed by atoms with Crippen molar-refractivity contribution in [2.24, 2.45) is 0 Å². The van der Waals surface area contributed by atoms with E-state index in [0.29, 0.717) is 16.5 Å². The number of aromatic carboxylic acids is 1. The Bertz CT molecular complexity index is 568. The van der Waals surface area contributed by atoms with Crippen LogP contribution in [0.25, 0.3) is 10.8 Å². The molecule has 0 atom stereocenters. The van der Waals surface area contributed by atoms with Gasteiger partial charge < -0.3 is 9.84 Å². The van der Waals surface area contributed by atoms with Gasteiger partial charge in [0.1, 0.15) is 16.5 Å². The minimum atomic E-state index is -1.12. The molecule has 0 spiro atoms. The number of rotatable bonds is 2. The first-order valence-corrected chi connectivity index (χ1v) is 4.87. The summed E-state index contributed by atoms with van der Waals surface area (Å²) in [7, 11) is 1.48. The van der Waals surface area contributed by atoms with Gasteiger partial charge in [-0.15, -0.1) is 0 Å². The molecule has 1 N–H and O–H groups in total. The number of ether oxygens (including phenoxy) is 1. The maximum atomic E-state index is 11.1. The Morgan fingerprint density at radius 3 is 2.88 bits per heavy atom. The summed E-state index contributed by atoms with van der Waals surface area (Å²) in [6, 6.07) is 5.21. The summed E-state index contributed by atoms with van der Waals surface area (Å²) in [6.07, 6.45) is 1.52. The molecule has 16 heavy (non-hydrogen) atoms. The van der Waals surface area contributed by atoms with Crippen LogP contribution < -0.4 is 4.74 Å². The van der Waals surface area contributed by atoms with Gasteiger partial charge in [-0.2, -0.15) is 0 Å². The third-order valence-corrected chi connectivity index (χ3v) is 2.55. The van der Waals surface area contributed by atoms with Crippen LogP contribution in [0.3, 0.4) is 0 Å². The summed E-state index contributed by atoms with van der Waals surface area (Å²) < 4.78 is 5.12. The summed E-state index contributed by atoms with van der Waals surface area (Å²) in [6.45, 7) is 0. The molecule has 2 aromatic rings. The van der Waals surface area contributed by atoms with Gasteiger partial charge in [-0.25, -0.2) is 9.78 Å². The van der Waals surface area contributed by atoms with E-state index in [1.54, 1.807) is 18.2 Å². The molecule has 1 aromatic carbocycles. The molecule has 0 amide bonds. The second-order valence-corrected chi connectivity index (χ2v) is 3.51. The fourth-order valence-corrected chi connectivity index (χ4v) is 1.81. The number of carboxylic acids is 1. The molecule has 4 nitrogen and oxygen atoms in total. The number of halogens is 1. The maximum Gasteiger partial charge on any atom is 0.339 e. The lowest BCUT2D eigenvalue weighted by atomic mass is 10.1. The first-order chi connectivity index (χ1) is 7.65. The molecule has 0 saturated carbocycles. The van der Waals surface area contributed by atoms with Crippen LogP contribution in [0.15, 0.2) is 24.4 Å². The number of fused-ring (bicyclic) bond motifs is 1. The molecule has 0 aliphatic carbocycles. The minimum absolute atomic E-state index is 0.0309. The van der Waals surface area contributed by atoms with Crippen molar-refractivity contribution in [1.82, 2.24) is 4.98 Å². The molecule has 0 aliphatic rings. The highest BCUT2D eigenvalue weighted by Gasteiger charge is 2.17. The highest BCUT2D eigenvalue weighted by molar-refractivity contribution is 6.34. The fourth-order valence-electron chi connectivity index (χ4n) is 1.58. The van der Waals surface area contributed by atoms with Crippen LogP contribution in [-0.2, 0) is 0 Å². The summed E-state index contributed by atoms with van der Waals surface area (Å²) >= 11 is 5.78. The van der Waals surface area contributed by atoms with Crippen molar-refractivity contribution in [1.29, 1.82) is 0 Å². The first kappa shape index (κ1) is 10.7. The quantitative estimate of drug-likeness (QED) is 0.816. The van der Waals surface area contributed by atoms with Crippen molar-refractivity contribution in [2.75, 3.05) is 7.11 Å². The van der Waals surface area contributed by atoms with Crippen molar-refractivity contribution in [3.05, 3.63) is 35.1 Å². The molecule has 0 unspecified atom stereocenters. The number of aromatic nitrogens is 1. The van der Waals surface area contributed by atoms with Crippen LogP contribution >= 0.6 is 11.6 Å². The van der Waals surface area contributed by atoms with E-state index in [1.165, 1.54) is 13.3 Å². The monoisotopic (exact) mass is 237 g/mol. The van der Waals surface area contributed by atoms with E-state index in [2.05, 4.69) is 4.98 Å². The van der Waals surface area contributed by atoms with Gasteiger partial charge in [0.05, 0.1) is 7.11 Å². The average molecular weight is 238 g/mol. The minimum Gasteiger partial charge on any atom is -0.496 e. The number of hydrogen-bond acceptors (Lipinski definition) is 3. The van der Waals surface area contributed by atoms with E-state index in [4.69, 9.17) is 21.4 Å². The Morgan fingerprint density at radius 1 is 1.50 bits per heavy atom. The number of hydrogen-bond donors (Lipinski definition) is 1. The Hall–Kier alpha value is -1.81. The molecule has 1 aromatic heterocycles. The zero-order valence-electron chi connectivity index (χ0n) is 8.40. The van der Waals surface area contributed by atoms with Crippen LogP contribution in [0.2, 0.25) is 5.15 Å². The van der Waals surface area contributed by atoms with E-state index < -0.39 is 5.97 Å². The largest absolute Gasteiger partial charge is 0.496 e. The van der Waals surface area contributed by atoms with Crippen molar-refractivity contribution >= 4 is 28.3 Å². The first-order valence-electron chi connectivity index (χ1n) is 4.49. The second-order valence-electron chi connectivity index (χ2n) is 3.15. The van der Waals surface area contributed by atoms with Gasteiger partial charge in [0.2, 0.25) is 0 Å². The smallest absolute Gasteiger partial charge is 0.339 e. The molecule has 0 aliphatic heterocycles. The molecule has 0 bridgehead atoms. The molecule has 1 heterocycles. The van der Waals surface area contributed by atoms with Crippen LogP contribution in [0, 0.1) is 0 Å². The summed E-state index contributed by atoms with van der Waals surface area (Å²) in [5.74, 6) is -0.646. The maximum absolute atomic E-state index is 11.1. The Kier molecular flexibility index (Phi) is 2.66. The lowest BCUT2D eigenvalue weighted by Crippen LogP contribution is -2.01. The molecule has 0 radical (unpaired) electrons. The van der Waals surface area contributed by atoms with Crippen LogP contribution in [0.5, 0.6) is 5.75 Å². The number of carboxylic acid groups (broad SMARTS) is 1. The molecular weight excluding hydrogens is 230 g/mol. The van der Waals surface area contributed by atoms with Crippen molar-refractivity contribution in [3.63, 3.8) is 0 Å². The lowest BCUT2D eigenvalue weighted by molar-refractivity contribution is 0.0698. The predicted molar refractivity (Wildman–Crippen MR) is 60.3 cm³/mol. The van der Waals surface area contributed by atoms with Crippen LogP contribution in [0.4, 0.5) is 0 Å². The molecule has 82 valence electrons. The van der Waals surface area contributed by atoms with Gasteiger partial charge >= 0.3 is 5.97 Å². The average Bonchev–Trinajstić information content (AvgIpc) is 2.27. The summed E-state index contributed by atoms with van der Waals surface area (Å²) in [5, 5.41) is 10.2. The lowest BCUT2D eigenvalue weighted by Gasteiger charge is -2.08. The SMILES string of the molecule is COc1cccc2cnc(Cl)c(C(=O)O)c12. The number of methoxy groups -OCH3 is 1.